The third kappa shape index (κ3) is 5.04. The van der Waals surface area contributed by atoms with Gasteiger partial charge in [-0.15, -0.1) is 0 Å². The second kappa shape index (κ2) is 9.89. The normalized spacial score (nSPS) is 15.9. The molecule has 0 bridgehead atoms. The maximum Gasteiger partial charge on any atom is 0.113 e. The van der Waals surface area contributed by atoms with Gasteiger partial charge in [0.2, 0.25) is 0 Å². The van der Waals surface area contributed by atoms with E-state index in [-0.39, 0.29) is 0 Å². The van der Waals surface area contributed by atoms with Gasteiger partial charge in [0, 0.05) is 0 Å². The Morgan fingerprint density at radius 3 is 1.29 bits per heavy atom. The van der Waals surface area contributed by atoms with Gasteiger partial charge in [0.15, 0.2) is 0 Å². The fourth-order valence-corrected chi connectivity index (χ4v) is 11.2. The predicted molar refractivity (Wildman–Crippen MR) is 158 cm³/mol. The maximum atomic E-state index is 2.66. The Balaban J connectivity index is 1.91. The van der Waals surface area contributed by atoms with Crippen LogP contribution in [0.1, 0.15) is 88.8 Å². The molecule has 2 aliphatic rings. The molecule has 0 fully saturated rings. The second-order valence-electron chi connectivity index (χ2n) is 13.3. The topological polar surface area (TPSA) is 0 Å². The Morgan fingerprint density at radius 2 is 0.971 bits per heavy atom. The average molecular weight is 485 g/mol. The van der Waals surface area contributed by atoms with Crippen LogP contribution in [0.4, 0.5) is 0 Å². The average Bonchev–Trinajstić information content (AvgIpc) is 3.32. The number of hydrogen-bond acceptors (Lipinski definition) is 0. The van der Waals surface area contributed by atoms with Gasteiger partial charge in [0.25, 0.3) is 0 Å². The zero-order chi connectivity index (χ0) is 25.7. The molecule has 0 amide bonds. The molecule has 0 aromatic heterocycles. The second-order valence-corrected chi connectivity index (χ2v) is 17.5. The number of allylic oxidation sites excluding steroid dienone is 2. The lowest BCUT2D eigenvalue weighted by atomic mass is 9.98. The Morgan fingerprint density at radius 1 is 0.600 bits per heavy atom. The number of hydrogen-bond donors (Lipinski definition) is 0. The Bertz CT molecular complexity index is 1080. The van der Waals surface area contributed by atoms with Crippen LogP contribution < -0.4 is 0 Å². The summed E-state index contributed by atoms with van der Waals surface area (Å²) in [6.45, 7) is 24.4. The van der Waals surface area contributed by atoms with Gasteiger partial charge in [0.05, 0.1) is 0 Å². The first-order valence-corrected chi connectivity index (χ1v) is 17.1. The van der Waals surface area contributed by atoms with E-state index in [0.29, 0.717) is 23.7 Å². The Hall–Kier alpha value is -1.86. The van der Waals surface area contributed by atoms with Crippen LogP contribution >= 0.6 is 0 Å². The van der Waals surface area contributed by atoms with Gasteiger partial charge < -0.3 is 0 Å². The van der Waals surface area contributed by atoms with Gasteiger partial charge in [-0.2, -0.15) is 0 Å². The predicted octanol–water partition coefficient (Wildman–Crippen LogP) is 9.50. The van der Waals surface area contributed by atoms with Crippen LogP contribution in [0, 0.1) is 23.7 Å². The quantitative estimate of drug-likeness (QED) is 0.327. The van der Waals surface area contributed by atoms with Crippen molar-refractivity contribution in [2.75, 3.05) is 0 Å². The van der Waals surface area contributed by atoms with Crippen molar-refractivity contribution in [3.8, 4) is 0 Å². The number of rotatable bonds is 8. The highest BCUT2D eigenvalue weighted by atomic mass is 28.3. The van der Waals surface area contributed by atoms with Crippen molar-refractivity contribution < 1.29 is 0 Å². The molecular formula is C34H48Si. The molecule has 4 rings (SSSR count). The molecule has 2 aromatic carbocycles. The van der Waals surface area contributed by atoms with Gasteiger partial charge in [0.1, 0.15) is 8.07 Å². The monoisotopic (exact) mass is 484 g/mol. The lowest BCUT2D eigenvalue weighted by molar-refractivity contribution is 0.647. The summed E-state index contributed by atoms with van der Waals surface area (Å²) in [4.78, 5) is 0. The molecule has 0 radical (unpaired) electrons. The molecule has 0 unspecified atom stereocenters. The van der Waals surface area contributed by atoms with E-state index >= 15 is 0 Å². The van der Waals surface area contributed by atoms with Gasteiger partial charge in [-0.3, -0.25) is 0 Å². The van der Waals surface area contributed by atoms with Crippen molar-refractivity contribution in [2.24, 2.45) is 23.7 Å². The van der Waals surface area contributed by atoms with Crippen molar-refractivity contribution >= 4 is 18.5 Å². The molecule has 35 heavy (non-hydrogen) atoms. The third-order valence-corrected chi connectivity index (χ3v) is 11.9. The summed E-state index contributed by atoms with van der Waals surface area (Å²) >= 11 is 0. The first-order valence-electron chi connectivity index (χ1n) is 14.1. The fraction of sp³-hybridized carbons (Fsp3) is 0.529. The van der Waals surface area contributed by atoms with Crippen LogP contribution in [0.15, 0.2) is 47.5 Å². The van der Waals surface area contributed by atoms with Crippen LogP contribution in [0.25, 0.3) is 10.4 Å². The smallest absolute Gasteiger partial charge is 0.0630 e. The van der Waals surface area contributed by atoms with Crippen molar-refractivity contribution in [1.82, 2.24) is 0 Å². The summed E-state index contributed by atoms with van der Waals surface area (Å²) in [6, 6.07) is 14.9. The van der Waals surface area contributed by atoms with E-state index in [0.717, 1.165) is 12.8 Å². The molecule has 1 heteroatoms. The van der Waals surface area contributed by atoms with Crippen LogP contribution in [-0.2, 0) is 25.7 Å². The highest BCUT2D eigenvalue weighted by molar-refractivity contribution is 7.09. The summed E-state index contributed by atoms with van der Waals surface area (Å²) in [5.74, 6) is 2.56. The molecule has 2 aliphatic carbocycles. The minimum Gasteiger partial charge on any atom is -0.0630 e. The van der Waals surface area contributed by atoms with E-state index in [4.69, 9.17) is 0 Å². The van der Waals surface area contributed by atoms with Gasteiger partial charge >= 0.3 is 0 Å². The SMILES string of the molecule is CC(C)Cc1ccc2c(c1)C([Si](C)(C)C1=C(C(C)C)Cc3ccc(CC(C)C)cc31)=C(C(C)C)C2. The zero-order valence-corrected chi connectivity index (χ0v) is 25.1. The minimum atomic E-state index is -1.96. The highest BCUT2D eigenvalue weighted by Crippen LogP contribution is 2.51. The van der Waals surface area contributed by atoms with E-state index in [1.54, 1.807) is 43.8 Å². The summed E-state index contributed by atoms with van der Waals surface area (Å²) in [5, 5.41) is 3.51. The van der Waals surface area contributed by atoms with Crippen LogP contribution in [0.2, 0.25) is 13.1 Å². The minimum absolute atomic E-state index is 0.592. The molecule has 0 saturated heterocycles. The van der Waals surface area contributed by atoms with E-state index in [1.807, 2.05) is 0 Å². The standard InChI is InChI=1S/C34H48Si/c1-21(2)15-25-11-13-27-19-29(23(5)6)33(31(27)17-25)35(9,10)34-30(24(7)8)20-28-14-12-26(16-22(3)4)18-32(28)34/h11-14,17-18,21-24H,15-16,19-20H2,1-10H3. The van der Waals surface area contributed by atoms with Crippen LogP contribution in [-0.4, -0.2) is 8.07 Å². The molecule has 0 nitrogen and oxygen atoms in total. The van der Waals surface area contributed by atoms with E-state index < -0.39 is 8.07 Å². The summed E-state index contributed by atoms with van der Waals surface area (Å²) in [6.07, 6.45) is 4.62. The van der Waals surface area contributed by atoms with Gasteiger partial charge in [-0.1, -0.05) is 116 Å². The molecule has 0 spiro atoms. The van der Waals surface area contributed by atoms with Crippen molar-refractivity contribution in [3.05, 3.63) is 80.9 Å². The summed E-state index contributed by atoms with van der Waals surface area (Å²) in [7, 11) is -1.96. The molecule has 2 aromatic rings. The highest BCUT2D eigenvalue weighted by Gasteiger charge is 2.42. The summed E-state index contributed by atoms with van der Waals surface area (Å²) in [5.41, 5.74) is 12.7. The first-order chi connectivity index (χ1) is 16.4. The first kappa shape index (κ1) is 26.2. The van der Waals surface area contributed by atoms with E-state index in [9.17, 15) is 0 Å². The molecule has 0 atom stereocenters. The molecule has 0 saturated carbocycles. The van der Waals surface area contributed by atoms with Gasteiger partial charge in [-0.05, 0) is 93.1 Å². The molecule has 0 N–H and O–H groups in total. The Kier molecular flexibility index (Phi) is 7.40. The number of benzene rings is 2. The number of fused-ring (bicyclic) bond motifs is 2. The third-order valence-electron chi connectivity index (χ3n) is 8.22. The molecule has 0 aliphatic heterocycles. The van der Waals surface area contributed by atoms with Crippen molar-refractivity contribution in [3.63, 3.8) is 0 Å². The lowest BCUT2D eigenvalue weighted by Gasteiger charge is -2.32. The fourth-order valence-electron chi connectivity index (χ4n) is 6.74. The summed E-state index contributed by atoms with van der Waals surface area (Å²) < 4.78 is 0. The molecule has 0 heterocycles. The van der Waals surface area contributed by atoms with Gasteiger partial charge in [-0.25, -0.2) is 0 Å². The van der Waals surface area contributed by atoms with Crippen LogP contribution in [0.5, 0.6) is 0 Å². The Labute approximate surface area is 217 Å². The zero-order valence-electron chi connectivity index (χ0n) is 24.1. The maximum absolute atomic E-state index is 2.66. The van der Waals surface area contributed by atoms with Crippen molar-refractivity contribution in [2.45, 2.75) is 94.2 Å². The van der Waals surface area contributed by atoms with Crippen LogP contribution in [0.3, 0.4) is 0 Å². The van der Waals surface area contributed by atoms with Crippen molar-refractivity contribution in [1.29, 1.82) is 0 Å². The largest absolute Gasteiger partial charge is 0.113 e. The molecule has 188 valence electrons. The van der Waals surface area contributed by atoms with E-state index in [1.165, 1.54) is 24.0 Å². The lowest BCUT2D eigenvalue weighted by Crippen LogP contribution is -2.32. The van der Waals surface area contributed by atoms with E-state index in [2.05, 4.69) is 105 Å². The molecular weight excluding hydrogens is 436 g/mol.